The first-order chi connectivity index (χ1) is 6.34. The second-order valence-electron chi connectivity index (χ2n) is 3.85. The largest absolute Gasteiger partial charge is 0.240 e. The number of hydrogen-bond donors (Lipinski definition) is 0. The van der Waals surface area contributed by atoms with E-state index in [1.165, 1.54) is 23.9 Å². The molecule has 0 saturated heterocycles. The fourth-order valence-electron chi connectivity index (χ4n) is 1.90. The molecule has 0 N–H and O–H groups in total. The standard InChI is InChI=1S/C11H12N2/c1-8-7-11-10(9-4-5-9)3-2-6-13(11)12-8/h2-3,6-7,9H,4-5H2,1H3. The molecule has 2 nitrogen and oxygen atoms in total. The summed E-state index contributed by atoms with van der Waals surface area (Å²) in [6.07, 6.45) is 4.72. The maximum Gasteiger partial charge on any atom is 0.0699 e. The minimum atomic E-state index is 0.805. The van der Waals surface area contributed by atoms with Gasteiger partial charge in [0, 0.05) is 6.20 Å². The molecule has 1 aliphatic rings. The molecule has 2 heterocycles. The number of pyridine rings is 1. The van der Waals surface area contributed by atoms with Gasteiger partial charge in [-0.1, -0.05) is 6.07 Å². The quantitative estimate of drug-likeness (QED) is 0.646. The van der Waals surface area contributed by atoms with Crippen LogP contribution in [0.5, 0.6) is 0 Å². The van der Waals surface area contributed by atoms with Crippen molar-refractivity contribution in [1.29, 1.82) is 0 Å². The van der Waals surface area contributed by atoms with Crippen LogP contribution in [0.4, 0.5) is 0 Å². The second kappa shape index (κ2) is 2.34. The van der Waals surface area contributed by atoms with Crippen LogP contribution in [0.3, 0.4) is 0 Å². The Labute approximate surface area is 77.2 Å². The van der Waals surface area contributed by atoms with Crippen molar-refractivity contribution in [2.75, 3.05) is 0 Å². The number of aromatic nitrogens is 2. The average molecular weight is 172 g/mol. The number of rotatable bonds is 1. The van der Waals surface area contributed by atoms with Crippen molar-refractivity contribution in [2.24, 2.45) is 0 Å². The predicted octanol–water partition coefficient (Wildman–Crippen LogP) is 2.52. The molecule has 0 spiro atoms. The molecule has 2 aromatic rings. The highest BCUT2D eigenvalue weighted by atomic mass is 15.2. The summed E-state index contributed by atoms with van der Waals surface area (Å²) in [7, 11) is 0. The summed E-state index contributed by atoms with van der Waals surface area (Å²) in [5, 5.41) is 4.40. The van der Waals surface area contributed by atoms with Gasteiger partial charge < -0.3 is 0 Å². The molecule has 0 bridgehead atoms. The third-order valence-electron chi connectivity index (χ3n) is 2.67. The Morgan fingerprint density at radius 2 is 2.31 bits per heavy atom. The Balaban J connectivity index is 2.31. The van der Waals surface area contributed by atoms with E-state index in [2.05, 4.69) is 23.3 Å². The minimum absolute atomic E-state index is 0.805. The van der Waals surface area contributed by atoms with Crippen LogP contribution in [0.1, 0.15) is 30.0 Å². The Morgan fingerprint density at radius 1 is 1.46 bits per heavy atom. The van der Waals surface area contributed by atoms with Gasteiger partial charge in [0.1, 0.15) is 0 Å². The molecule has 0 unspecified atom stereocenters. The van der Waals surface area contributed by atoms with E-state index >= 15 is 0 Å². The number of aryl methyl sites for hydroxylation is 1. The van der Waals surface area contributed by atoms with Gasteiger partial charge in [-0.15, -0.1) is 0 Å². The molecule has 66 valence electrons. The highest BCUT2D eigenvalue weighted by Gasteiger charge is 2.25. The zero-order valence-corrected chi connectivity index (χ0v) is 7.70. The zero-order valence-electron chi connectivity index (χ0n) is 7.70. The summed E-state index contributed by atoms with van der Waals surface area (Å²) in [4.78, 5) is 0. The van der Waals surface area contributed by atoms with Crippen molar-refractivity contribution in [2.45, 2.75) is 25.7 Å². The van der Waals surface area contributed by atoms with Crippen molar-refractivity contribution in [3.63, 3.8) is 0 Å². The molecular weight excluding hydrogens is 160 g/mol. The van der Waals surface area contributed by atoms with Crippen LogP contribution in [-0.2, 0) is 0 Å². The third kappa shape index (κ3) is 1.05. The molecule has 3 rings (SSSR count). The smallest absolute Gasteiger partial charge is 0.0699 e. The second-order valence-corrected chi connectivity index (χ2v) is 3.85. The van der Waals surface area contributed by atoms with Gasteiger partial charge in [0.05, 0.1) is 11.2 Å². The van der Waals surface area contributed by atoms with Crippen molar-refractivity contribution in [1.82, 2.24) is 9.61 Å². The molecule has 2 heteroatoms. The van der Waals surface area contributed by atoms with Crippen LogP contribution in [0.2, 0.25) is 0 Å². The summed E-state index contributed by atoms with van der Waals surface area (Å²) >= 11 is 0. The zero-order chi connectivity index (χ0) is 8.84. The molecule has 1 saturated carbocycles. The van der Waals surface area contributed by atoms with Gasteiger partial charge in [-0.3, -0.25) is 0 Å². The normalized spacial score (nSPS) is 16.7. The van der Waals surface area contributed by atoms with Gasteiger partial charge in [-0.25, -0.2) is 4.52 Å². The van der Waals surface area contributed by atoms with E-state index < -0.39 is 0 Å². The van der Waals surface area contributed by atoms with Crippen LogP contribution in [0, 0.1) is 6.92 Å². The van der Waals surface area contributed by atoms with E-state index in [1.807, 2.05) is 17.6 Å². The maximum atomic E-state index is 4.40. The Hall–Kier alpha value is -1.31. The molecular formula is C11H12N2. The van der Waals surface area contributed by atoms with Gasteiger partial charge >= 0.3 is 0 Å². The van der Waals surface area contributed by atoms with E-state index in [9.17, 15) is 0 Å². The Morgan fingerprint density at radius 3 is 3.08 bits per heavy atom. The summed E-state index contributed by atoms with van der Waals surface area (Å²) in [5.41, 5.74) is 3.87. The summed E-state index contributed by atoms with van der Waals surface area (Å²) in [5.74, 6) is 0.805. The number of fused-ring (bicyclic) bond motifs is 1. The van der Waals surface area contributed by atoms with E-state index in [0.717, 1.165) is 11.6 Å². The van der Waals surface area contributed by atoms with Crippen molar-refractivity contribution in [3.8, 4) is 0 Å². The number of nitrogens with zero attached hydrogens (tertiary/aromatic N) is 2. The lowest BCUT2D eigenvalue weighted by Gasteiger charge is -1.99. The monoisotopic (exact) mass is 172 g/mol. The van der Waals surface area contributed by atoms with Crippen LogP contribution in [0.25, 0.3) is 5.52 Å². The van der Waals surface area contributed by atoms with E-state index in [4.69, 9.17) is 0 Å². The van der Waals surface area contributed by atoms with E-state index in [-0.39, 0.29) is 0 Å². The fraction of sp³-hybridized carbons (Fsp3) is 0.364. The molecule has 1 fully saturated rings. The lowest BCUT2D eigenvalue weighted by atomic mass is 10.1. The summed E-state index contributed by atoms with van der Waals surface area (Å²) in [6, 6.07) is 6.49. The van der Waals surface area contributed by atoms with Gasteiger partial charge in [0.2, 0.25) is 0 Å². The highest BCUT2D eigenvalue weighted by molar-refractivity contribution is 5.57. The van der Waals surface area contributed by atoms with Crippen LogP contribution in [0.15, 0.2) is 24.4 Å². The minimum Gasteiger partial charge on any atom is -0.240 e. The topological polar surface area (TPSA) is 17.3 Å². The van der Waals surface area contributed by atoms with Crippen molar-refractivity contribution in [3.05, 3.63) is 35.7 Å². The van der Waals surface area contributed by atoms with Crippen LogP contribution in [-0.4, -0.2) is 9.61 Å². The first kappa shape index (κ1) is 7.13. The van der Waals surface area contributed by atoms with Crippen LogP contribution >= 0.6 is 0 Å². The molecule has 0 radical (unpaired) electrons. The van der Waals surface area contributed by atoms with Gasteiger partial charge in [0.15, 0.2) is 0 Å². The molecule has 2 aromatic heterocycles. The molecule has 1 aliphatic carbocycles. The molecule has 0 atom stereocenters. The van der Waals surface area contributed by atoms with Crippen molar-refractivity contribution < 1.29 is 0 Å². The van der Waals surface area contributed by atoms with Gasteiger partial charge in [0.25, 0.3) is 0 Å². The SMILES string of the molecule is Cc1cc2c(C3CC3)cccn2n1. The molecule has 0 aliphatic heterocycles. The van der Waals surface area contributed by atoms with Crippen LogP contribution < -0.4 is 0 Å². The van der Waals surface area contributed by atoms with Gasteiger partial charge in [-0.2, -0.15) is 5.10 Å². The Kier molecular flexibility index (Phi) is 1.29. The predicted molar refractivity (Wildman–Crippen MR) is 51.9 cm³/mol. The molecule has 0 aromatic carbocycles. The van der Waals surface area contributed by atoms with E-state index in [1.54, 1.807) is 0 Å². The molecule has 0 amide bonds. The Bertz CT molecular complexity index is 452. The first-order valence-corrected chi connectivity index (χ1v) is 4.79. The van der Waals surface area contributed by atoms with E-state index in [0.29, 0.717) is 0 Å². The molecule has 13 heavy (non-hydrogen) atoms. The highest BCUT2D eigenvalue weighted by Crippen LogP contribution is 2.41. The summed E-state index contributed by atoms with van der Waals surface area (Å²) < 4.78 is 1.99. The average Bonchev–Trinajstić information content (AvgIpc) is 2.86. The number of hydrogen-bond acceptors (Lipinski definition) is 1. The fourth-order valence-corrected chi connectivity index (χ4v) is 1.90. The summed E-state index contributed by atoms with van der Waals surface area (Å²) in [6.45, 7) is 2.05. The maximum absolute atomic E-state index is 4.40. The first-order valence-electron chi connectivity index (χ1n) is 4.79. The lowest BCUT2D eigenvalue weighted by molar-refractivity contribution is 0.922. The van der Waals surface area contributed by atoms with Gasteiger partial charge in [-0.05, 0) is 43.4 Å². The lowest BCUT2D eigenvalue weighted by Crippen LogP contribution is -1.89. The van der Waals surface area contributed by atoms with Crippen molar-refractivity contribution >= 4 is 5.52 Å². The third-order valence-corrected chi connectivity index (χ3v) is 2.67.